The Kier molecular flexibility index (Phi) is 5.18. The molecular weight excluding hydrogens is 358 g/mol. The van der Waals surface area contributed by atoms with Crippen molar-refractivity contribution in [2.24, 2.45) is 11.3 Å². The van der Waals surface area contributed by atoms with Gasteiger partial charge in [-0.25, -0.2) is 9.97 Å². The largest absolute Gasteiger partial charge is 0.492 e. The van der Waals surface area contributed by atoms with Crippen molar-refractivity contribution in [2.45, 2.75) is 19.3 Å². The van der Waals surface area contributed by atoms with Gasteiger partial charge in [0.25, 0.3) is 0 Å². The van der Waals surface area contributed by atoms with Gasteiger partial charge in [0.1, 0.15) is 12.1 Å². The van der Waals surface area contributed by atoms with Gasteiger partial charge >= 0.3 is 0 Å². The summed E-state index contributed by atoms with van der Waals surface area (Å²) in [6.07, 6.45) is 9.93. The number of nitrogens with zero attached hydrogens (tertiary/aromatic N) is 4. The van der Waals surface area contributed by atoms with Gasteiger partial charge in [-0.15, -0.1) is 0 Å². The summed E-state index contributed by atoms with van der Waals surface area (Å²) >= 11 is 0. The van der Waals surface area contributed by atoms with Crippen LogP contribution in [0.2, 0.25) is 0 Å². The number of amides is 2. The normalized spacial score (nSPS) is 23.8. The Balaban J connectivity index is 1.36. The van der Waals surface area contributed by atoms with Crippen LogP contribution >= 0.6 is 0 Å². The minimum absolute atomic E-state index is 0.0269. The maximum Gasteiger partial charge on any atom is 0.228 e. The Hall–Kier alpha value is -3.03. The molecule has 0 radical (unpaired) electrons. The number of aromatic nitrogens is 3. The van der Waals surface area contributed by atoms with Gasteiger partial charge in [0.2, 0.25) is 11.8 Å². The van der Waals surface area contributed by atoms with Gasteiger partial charge in [-0.05, 0) is 30.5 Å². The van der Waals surface area contributed by atoms with Crippen molar-refractivity contribution < 1.29 is 14.3 Å². The summed E-state index contributed by atoms with van der Waals surface area (Å²) in [7, 11) is 0. The fourth-order valence-corrected chi connectivity index (χ4v) is 4.05. The van der Waals surface area contributed by atoms with Crippen molar-refractivity contribution in [3.05, 3.63) is 48.8 Å². The number of carbonyl (C=O) groups is 2. The van der Waals surface area contributed by atoms with E-state index in [9.17, 15) is 9.59 Å². The molecule has 0 unspecified atom stereocenters. The van der Waals surface area contributed by atoms with Gasteiger partial charge in [0, 0.05) is 50.6 Å². The van der Waals surface area contributed by atoms with E-state index < -0.39 is 5.41 Å². The summed E-state index contributed by atoms with van der Waals surface area (Å²) in [5.74, 6) is 0.805. The standard InChI is InChI=1S/C20H23N5O3/c26-18(4-3-15-8-22-14-23-9-15)25-7-5-20(13-25)16(10-24-19(20)27)12-28-17-2-1-6-21-11-17/h1-2,6,8-9,11,14,16H,3-5,7,10,12-13H2,(H,24,27)/t16-,20+/m0/s1. The molecule has 2 atom stereocenters. The Morgan fingerprint density at radius 3 is 2.93 bits per heavy atom. The Labute approximate surface area is 163 Å². The summed E-state index contributed by atoms with van der Waals surface area (Å²) in [4.78, 5) is 39.1. The molecule has 0 bridgehead atoms. The molecule has 4 heterocycles. The smallest absolute Gasteiger partial charge is 0.228 e. The molecule has 28 heavy (non-hydrogen) atoms. The molecular formula is C20H23N5O3. The average Bonchev–Trinajstić information content (AvgIpc) is 3.32. The van der Waals surface area contributed by atoms with Gasteiger partial charge < -0.3 is 15.0 Å². The molecule has 2 aromatic heterocycles. The molecule has 2 fully saturated rings. The summed E-state index contributed by atoms with van der Waals surface area (Å²) < 4.78 is 5.85. The van der Waals surface area contributed by atoms with Crippen LogP contribution in [0, 0.1) is 11.3 Å². The van der Waals surface area contributed by atoms with Crippen molar-refractivity contribution in [3.63, 3.8) is 0 Å². The van der Waals surface area contributed by atoms with Crippen molar-refractivity contribution in [1.82, 2.24) is 25.2 Å². The van der Waals surface area contributed by atoms with Gasteiger partial charge in [0.15, 0.2) is 0 Å². The third-order valence-electron chi connectivity index (χ3n) is 5.72. The zero-order valence-electron chi connectivity index (χ0n) is 15.6. The highest BCUT2D eigenvalue weighted by Gasteiger charge is 2.54. The van der Waals surface area contributed by atoms with Gasteiger partial charge in [-0.2, -0.15) is 0 Å². The second-order valence-electron chi connectivity index (χ2n) is 7.37. The Morgan fingerprint density at radius 1 is 1.29 bits per heavy atom. The minimum atomic E-state index is -0.562. The number of nitrogens with one attached hydrogen (secondary N) is 1. The first-order valence-corrected chi connectivity index (χ1v) is 9.50. The lowest BCUT2D eigenvalue weighted by Crippen LogP contribution is -2.41. The summed E-state index contributed by atoms with van der Waals surface area (Å²) in [5, 5.41) is 2.97. The van der Waals surface area contributed by atoms with Gasteiger partial charge in [-0.1, -0.05) is 0 Å². The van der Waals surface area contributed by atoms with Crippen molar-refractivity contribution in [1.29, 1.82) is 0 Å². The van der Waals surface area contributed by atoms with Crippen molar-refractivity contribution in [2.75, 3.05) is 26.2 Å². The highest BCUT2D eigenvalue weighted by Crippen LogP contribution is 2.42. The minimum Gasteiger partial charge on any atom is -0.492 e. The van der Waals surface area contributed by atoms with E-state index >= 15 is 0 Å². The van der Waals surface area contributed by atoms with Crippen LogP contribution in [0.15, 0.2) is 43.2 Å². The fourth-order valence-electron chi connectivity index (χ4n) is 4.05. The van der Waals surface area contributed by atoms with Gasteiger partial charge in [-0.3, -0.25) is 14.6 Å². The molecule has 8 heteroatoms. The van der Waals surface area contributed by atoms with E-state index in [1.807, 2.05) is 17.0 Å². The second-order valence-corrected chi connectivity index (χ2v) is 7.37. The fraction of sp³-hybridized carbons (Fsp3) is 0.450. The molecule has 2 aromatic rings. The number of hydrogen-bond donors (Lipinski definition) is 1. The monoisotopic (exact) mass is 381 g/mol. The maximum atomic E-state index is 12.7. The third kappa shape index (κ3) is 3.67. The molecule has 0 aromatic carbocycles. The number of hydrogen-bond acceptors (Lipinski definition) is 6. The van der Waals surface area contributed by atoms with E-state index in [2.05, 4.69) is 20.3 Å². The molecule has 1 N–H and O–H groups in total. The van der Waals surface area contributed by atoms with Crippen LogP contribution in [0.25, 0.3) is 0 Å². The molecule has 2 aliphatic heterocycles. The quantitative estimate of drug-likeness (QED) is 0.797. The lowest BCUT2D eigenvalue weighted by atomic mass is 9.77. The SMILES string of the molecule is O=C(CCc1cncnc1)N1CC[C@]2(C1)C(=O)NC[C@H]2COc1cccnc1. The summed E-state index contributed by atoms with van der Waals surface area (Å²) in [6, 6.07) is 3.67. The molecule has 2 saturated heterocycles. The van der Waals surface area contributed by atoms with Crippen LogP contribution in [-0.4, -0.2) is 57.9 Å². The topological polar surface area (TPSA) is 97.3 Å². The predicted octanol–water partition coefficient (Wildman–Crippen LogP) is 0.848. The molecule has 0 saturated carbocycles. The van der Waals surface area contributed by atoms with Crippen LogP contribution in [0.1, 0.15) is 18.4 Å². The first kappa shape index (κ1) is 18.3. The lowest BCUT2D eigenvalue weighted by molar-refractivity contribution is -0.132. The summed E-state index contributed by atoms with van der Waals surface area (Å²) in [6.45, 7) is 2.04. The molecule has 146 valence electrons. The number of carbonyl (C=O) groups excluding carboxylic acids is 2. The molecule has 1 spiro atoms. The zero-order valence-corrected chi connectivity index (χ0v) is 15.6. The average molecular weight is 381 g/mol. The molecule has 4 rings (SSSR count). The molecule has 2 amide bonds. The highest BCUT2D eigenvalue weighted by molar-refractivity contribution is 5.87. The molecule has 0 aliphatic carbocycles. The van der Waals surface area contributed by atoms with Crippen LogP contribution < -0.4 is 10.1 Å². The maximum absolute atomic E-state index is 12.7. The molecule has 8 nitrogen and oxygen atoms in total. The van der Waals surface area contributed by atoms with E-state index in [4.69, 9.17) is 4.74 Å². The Bertz CT molecular complexity index is 832. The number of pyridine rings is 1. The first-order chi connectivity index (χ1) is 13.7. The summed E-state index contributed by atoms with van der Waals surface area (Å²) in [5.41, 5.74) is 0.374. The van der Waals surface area contributed by atoms with Crippen LogP contribution in [-0.2, 0) is 16.0 Å². The van der Waals surface area contributed by atoms with E-state index in [0.29, 0.717) is 51.3 Å². The van der Waals surface area contributed by atoms with E-state index in [-0.39, 0.29) is 17.7 Å². The second kappa shape index (κ2) is 7.92. The van der Waals surface area contributed by atoms with Crippen LogP contribution in [0.4, 0.5) is 0 Å². The van der Waals surface area contributed by atoms with Crippen LogP contribution in [0.3, 0.4) is 0 Å². The Morgan fingerprint density at radius 2 is 2.14 bits per heavy atom. The number of rotatable bonds is 6. The highest BCUT2D eigenvalue weighted by atomic mass is 16.5. The predicted molar refractivity (Wildman–Crippen MR) is 100 cm³/mol. The zero-order chi connectivity index (χ0) is 19.4. The van der Waals surface area contributed by atoms with E-state index in [1.165, 1.54) is 6.33 Å². The van der Waals surface area contributed by atoms with E-state index in [1.54, 1.807) is 24.8 Å². The van der Waals surface area contributed by atoms with Crippen molar-refractivity contribution in [3.8, 4) is 5.75 Å². The van der Waals surface area contributed by atoms with Gasteiger partial charge in [0.05, 0.1) is 18.2 Å². The number of ether oxygens (including phenoxy) is 1. The lowest BCUT2D eigenvalue weighted by Gasteiger charge is -2.28. The molecule has 2 aliphatic rings. The van der Waals surface area contributed by atoms with Crippen LogP contribution in [0.5, 0.6) is 5.75 Å². The van der Waals surface area contributed by atoms with Crippen molar-refractivity contribution >= 4 is 11.8 Å². The first-order valence-electron chi connectivity index (χ1n) is 9.50. The number of aryl methyl sites for hydroxylation is 1. The van der Waals surface area contributed by atoms with E-state index in [0.717, 1.165) is 5.56 Å². The number of likely N-dealkylation sites (tertiary alicyclic amines) is 1. The third-order valence-corrected chi connectivity index (χ3v) is 5.72.